The maximum atomic E-state index is 12.9. The third-order valence-corrected chi connectivity index (χ3v) is 7.15. The van der Waals surface area contributed by atoms with E-state index in [1.807, 2.05) is 43.3 Å². The fraction of sp³-hybridized carbons (Fsp3) is 0.294. The van der Waals surface area contributed by atoms with Crippen molar-refractivity contribution in [3.05, 3.63) is 64.1 Å². The van der Waals surface area contributed by atoms with Crippen LogP contribution in [0.1, 0.15) is 17.0 Å². The van der Waals surface area contributed by atoms with E-state index in [0.717, 1.165) is 15.6 Å². The normalized spacial score (nSPS) is 24.2. The van der Waals surface area contributed by atoms with Crippen molar-refractivity contribution in [3.8, 4) is 0 Å². The summed E-state index contributed by atoms with van der Waals surface area (Å²) in [5, 5.41) is -0.415. The van der Waals surface area contributed by atoms with Crippen LogP contribution in [0.2, 0.25) is 0 Å². The summed E-state index contributed by atoms with van der Waals surface area (Å²) in [5.74, 6) is -0.0168. The Kier molecular flexibility index (Phi) is 4.14. The van der Waals surface area contributed by atoms with Gasteiger partial charge in [-0.25, -0.2) is 8.42 Å². The maximum absolute atomic E-state index is 12.9. The summed E-state index contributed by atoms with van der Waals surface area (Å²) in [4.78, 5) is 0.390. The largest absolute Gasteiger partial charge is 0.330 e. The first kappa shape index (κ1) is 15.7. The number of hydrogen-bond donors (Lipinski definition) is 1. The fourth-order valence-corrected chi connectivity index (χ4v) is 5.54. The van der Waals surface area contributed by atoms with Gasteiger partial charge in [-0.1, -0.05) is 45.8 Å². The maximum Gasteiger partial charge on any atom is 0.182 e. The predicted molar refractivity (Wildman–Crippen MR) is 91.6 cm³/mol. The molecule has 1 fully saturated rings. The van der Waals surface area contributed by atoms with Crippen LogP contribution in [0, 0.1) is 12.8 Å². The van der Waals surface area contributed by atoms with Crippen molar-refractivity contribution in [3.63, 3.8) is 0 Å². The summed E-state index contributed by atoms with van der Waals surface area (Å²) in [6.07, 6.45) is 0. The van der Waals surface area contributed by atoms with E-state index >= 15 is 0 Å². The van der Waals surface area contributed by atoms with Crippen LogP contribution in [0.3, 0.4) is 0 Å². The highest BCUT2D eigenvalue weighted by Gasteiger charge is 2.57. The molecule has 2 aromatic carbocycles. The minimum Gasteiger partial charge on any atom is -0.330 e. The molecule has 22 heavy (non-hydrogen) atoms. The van der Waals surface area contributed by atoms with Crippen LogP contribution in [0.4, 0.5) is 0 Å². The Hall–Kier alpha value is -1.17. The van der Waals surface area contributed by atoms with Crippen LogP contribution < -0.4 is 5.73 Å². The summed E-state index contributed by atoms with van der Waals surface area (Å²) in [6, 6.07) is 14.9. The fourth-order valence-electron chi connectivity index (χ4n) is 3.05. The molecule has 2 N–H and O–H groups in total. The number of aryl methyl sites for hydroxylation is 1. The SMILES string of the molecule is Cc1ccc(S(=O)(=O)[C@H]2[C@@H](CN)[C@@H]2c2ccc(Br)cc2)cc1. The quantitative estimate of drug-likeness (QED) is 0.886. The Balaban J connectivity index is 1.93. The van der Waals surface area contributed by atoms with E-state index in [4.69, 9.17) is 5.73 Å². The standard InChI is InChI=1S/C17H18BrNO2S/c1-11-2-8-14(9-3-11)22(20,21)17-15(10-19)16(17)12-4-6-13(18)7-5-12/h2-9,15-17H,10,19H2,1H3/t15-,16-,17-/m0/s1. The van der Waals surface area contributed by atoms with Gasteiger partial charge >= 0.3 is 0 Å². The molecule has 0 bridgehead atoms. The average molecular weight is 380 g/mol. The number of sulfone groups is 1. The van der Waals surface area contributed by atoms with Gasteiger partial charge < -0.3 is 5.73 Å². The first-order valence-electron chi connectivity index (χ1n) is 7.21. The summed E-state index contributed by atoms with van der Waals surface area (Å²) >= 11 is 3.40. The zero-order valence-electron chi connectivity index (χ0n) is 12.2. The minimum absolute atomic E-state index is 0.00696. The van der Waals surface area contributed by atoms with Crippen molar-refractivity contribution in [1.82, 2.24) is 0 Å². The van der Waals surface area contributed by atoms with Gasteiger partial charge in [0.05, 0.1) is 10.1 Å². The highest BCUT2D eigenvalue weighted by atomic mass is 79.9. The lowest BCUT2D eigenvalue weighted by Gasteiger charge is -2.05. The molecule has 116 valence electrons. The lowest BCUT2D eigenvalue weighted by molar-refractivity contribution is 0.591. The molecular formula is C17H18BrNO2S. The number of halogens is 1. The molecule has 3 atom stereocenters. The predicted octanol–water partition coefficient (Wildman–Crippen LogP) is 3.27. The lowest BCUT2D eigenvalue weighted by Crippen LogP contribution is -2.13. The van der Waals surface area contributed by atoms with E-state index in [1.54, 1.807) is 12.1 Å². The van der Waals surface area contributed by atoms with E-state index in [2.05, 4.69) is 15.9 Å². The second kappa shape index (κ2) is 5.80. The van der Waals surface area contributed by atoms with Gasteiger partial charge in [0, 0.05) is 10.4 Å². The van der Waals surface area contributed by atoms with Gasteiger partial charge in [-0.2, -0.15) is 0 Å². The van der Waals surface area contributed by atoms with Crippen LogP contribution in [-0.2, 0) is 9.84 Å². The Morgan fingerprint density at radius 2 is 1.64 bits per heavy atom. The molecule has 1 aliphatic rings. The van der Waals surface area contributed by atoms with Crippen molar-refractivity contribution in [2.45, 2.75) is 23.0 Å². The molecule has 0 spiro atoms. The Bertz CT molecular complexity index is 769. The van der Waals surface area contributed by atoms with Crippen molar-refractivity contribution in [2.75, 3.05) is 6.54 Å². The van der Waals surface area contributed by atoms with Gasteiger partial charge in [-0.15, -0.1) is 0 Å². The topological polar surface area (TPSA) is 60.2 Å². The highest BCUT2D eigenvalue weighted by molar-refractivity contribution is 9.10. The number of hydrogen-bond acceptors (Lipinski definition) is 3. The van der Waals surface area contributed by atoms with E-state index in [9.17, 15) is 8.42 Å². The van der Waals surface area contributed by atoms with Crippen LogP contribution in [-0.4, -0.2) is 20.2 Å². The zero-order chi connectivity index (χ0) is 15.9. The number of rotatable bonds is 4. The molecule has 1 aliphatic carbocycles. The van der Waals surface area contributed by atoms with Gasteiger partial charge in [0.25, 0.3) is 0 Å². The molecule has 0 radical (unpaired) electrons. The summed E-state index contributed by atoms with van der Waals surface area (Å²) in [5.41, 5.74) is 7.90. The second-order valence-corrected chi connectivity index (χ2v) is 8.82. The summed E-state index contributed by atoms with van der Waals surface area (Å²) in [7, 11) is -3.34. The van der Waals surface area contributed by atoms with Gasteiger partial charge in [0.2, 0.25) is 0 Å². The number of benzene rings is 2. The monoisotopic (exact) mass is 379 g/mol. The molecule has 5 heteroatoms. The highest BCUT2D eigenvalue weighted by Crippen LogP contribution is 2.53. The van der Waals surface area contributed by atoms with Gasteiger partial charge in [-0.05, 0) is 49.2 Å². The summed E-state index contributed by atoms with van der Waals surface area (Å²) < 4.78 is 26.7. The van der Waals surface area contributed by atoms with E-state index in [-0.39, 0.29) is 11.8 Å². The third-order valence-electron chi connectivity index (χ3n) is 4.33. The molecule has 0 unspecified atom stereocenters. The van der Waals surface area contributed by atoms with E-state index in [0.29, 0.717) is 11.4 Å². The first-order valence-corrected chi connectivity index (χ1v) is 9.55. The average Bonchev–Trinajstić information content (AvgIpc) is 3.24. The molecular weight excluding hydrogens is 362 g/mol. The van der Waals surface area contributed by atoms with Gasteiger partial charge in [0.15, 0.2) is 9.84 Å². The third kappa shape index (κ3) is 2.73. The lowest BCUT2D eigenvalue weighted by atomic mass is 10.1. The smallest absolute Gasteiger partial charge is 0.182 e. The van der Waals surface area contributed by atoms with Crippen molar-refractivity contribution < 1.29 is 8.42 Å². The Morgan fingerprint density at radius 1 is 1.05 bits per heavy atom. The minimum atomic E-state index is -3.34. The van der Waals surface area contributed by atoms with Crippen LogP contribution in [0.15, 0.2) is 57.9 Å². The molecule has 3 nitrogen and oxygen atoms in total. The van der Waals surface area contributed by atoms with Gasteiger partial charge in [-0.3, -0.25) is 0 Å². The molecule has 0 aromatic heterocycles. The Labute approximate surface area is 139 Å². The van der Waals surface area contributed by atoms with Crippen molar-refractivity contribution in [2.24, 2.45) is 11.7 Å². The molecule has 2 aromatic rings. The van der Waals surface area contributed by atoms with Gasteiger partial charge in [0.1, 0.15) is 0 Å². The van der Waals surface area contributed by atoms with Crippen LogP contribution in [0.25, 0.3) is 0 Å². The zero-order valence-corrected chi connectivity index (χ0v) is 14.6. The van der Waals surface area contributed by atoms with Crippen LogP contribution >= 0.6 is 15.9 Å². The first-order chi connectivity index (χ1) is 10.4. The van der Waals surface area contributed by atoms with Crippen LogP contribution in [0.5, 0.6) is 0 Å². The molecule has 0 amide bonds. The molecule has 3 rings (SSSR count). The second-order valence-electron chi connectivity index (χ2n) is 5.80. The number of nitrogens with two attached hydrogens (primary N) is 1. The van der Waals surface area contributed by atoms with Crippen molar-refractivity contribution >= 4 is 25.8 Å². The Morgan fingerprint density at radius 3 is 2.18 bits per heavy atom. The summed E-state index contributed by atoms with van der Waals surface area (Å²) in [6.45, 7) is 2.33. The molecule has 0 aliphatic heterocycles. The molecule has 0 saturated heterocycles. The molecule has 1 saturated carbocycles. The molecule has 0 heterocycles. The van der Waals surface area contributed by atoms with Crippen molar-refractivity contribution in [1.29, 1.82) is 0 Å². The van der Waals surface area contributed by atoms with E-state index < -0.39 is 15.1 Å². The van der Waals surface area contributed by atoms with E-state index in [1.165, 1.54) is 0 Å².